The topological polar surface area (TPSA) is 29.5 Å². The molecule has 12 heavy (non-hydrogen) atoms. The number of ether oxygens (including phenoxy) is 1. The average Bonchev–Trinajstić information content (AvgIpc) is 2.52. The van der Waals surface area contributed by atoms with Gasteiger partial charge in [0.25, 0.3) is 5.91 Å². The molecule has 1 aliphatic heterocycles. The van der Waals surface area contributed by atoms with Crippen molar-refractivity contribution in [2.24, 2.45) is 0 Å². The zero-order chi connectivity index (χ0) is 8.97. The van der Waals surface area contributed by atoms with Crippen molar-refractivity contribution in [2.45, 2.75) is 12.5 Å². The molecule has 0 saturated carbocycles. The molecule has 0 N–H and O–H groups in total. The number of hydrogen-bond acceptors (Lipinski definition) is 2. The summed E-state index contributed by atoms with van der Waals surface area (Å²) in [5.74, 6) is 2.30. The number of likely N-dealkylation sites (tertiary alicyclic amines) is 1. The molecule has 4 heteroatoms. The van der Waals surface area contributed by atoms with Gasteiger partial charge in [0.05, 0.1) is 6.10 Å². The zero-order valence-electron chi connectivity index (χ0n) is 6.84. The first-order chi connectivity index (χ1) is 5.77. The first-order valence-electron chi connectivity index (χ1n) is 3.71. The number of nitrogens with zero attached hydrogens (tertiary/aromatic N) is 1. The van der Waals surface area contributed by atoms with Crippen molar-refractivity contribution in [3.8, 4) is 10.8 Å². The molecule has 66 valence electrons. The van der Waals surface area contributed by atoms with E-state index in [1.54, 1.807) is 12.0 Å². The highest BCUT2D eigenvalue weighted by atomic mass is 79.9. The normalized spacial score (nSPS) is 21.8. The van der Waals surface area contributed by atoms with Crippen LogP contribution in [0.1, 0.15) is 6.42 Å². The van der Waals surface area contributed by atoms with Gasteiger partial charge in [0.2, 0.25) is 0 Å². The lowest BCUT2D eigenvalue weighted by Gasteiger charge is -2.11. The second-order valence-electron chi connectivity index (χ2n) is 2.62. The molecule has 0 aromatic rings. The van der Waals surface area contributed by atoms with E-state index in [0.717, 1.165) is 13.0 Å². The maximum Gasteiger partial charge on any atom is 0.299 e. The number of amides is 1. The lowest BCUT2D eigenvalue weighted by atomic mass is 10.3. The van der Waals surface area contributed by atoms with Crippen LogP contribution in [-0.2, 0) is 9.53 Å². The maximum absolute atomic E-state index is 11.2. The van der Waals surface area contributed by atoms with Crippen LogP contribution < -0.4 is 0 Å². The van der Waals surface area contributed by atoms with Crippen molar-refractivity contribution in [3.63, 3.8) is 0 Å². The SMILES string of the molecule is COC1CCN(C(=O)C#CBr)C1. The summed E-state index contributed by atoms with van der Waals surface area (Å²) in [7, 11) is 1.66. The van der Waals surface area contributed by atoms with Crippen LogP contribution in [-0.4, -0.2) is 37.1 Å². The van der Waals surface area contributed by atoms with Crippen molar-refractivity contribution < 1.29 is 9.53 Å². The number of carbonyl (C=O) groups excluding carboxylic acids is 1. The van der Waals surface area contributed by atoms with E-state index in [9.17, 15) is 4.79 Å². The van der Waals surface area contributed by atoms with E-state index in [4.69, 9.17) is 4.74 Å². The van der Waals surface area contributed by atoms with Crippen molar-refractivity contribution in [3.05, 3.63) is 0 Å². The monoisotopic (exact) mass is 231 g/mol. The van der Waals surface area contributed by atoms with Crippen molar-refractivity contribution >= 4 is 21.8 Å². The third-order valence-electron chi connectivity index (χ3n) is 1.92. The summed E-state index contributed by atoms with van der Waals surface area (Å²) in [5, 5.41) is 0. The minimum atomic E-state index is -0.133. The van der Waals surface area contributed by atoms with E-state index < -0.39 is 0 Å². The Balaban J connectivity index is 2.44. The Morgan fingerprint density at radius 1 is 1.75 bits per heavy atom. The van der Waals surface area contributed by atoms with Gasteiger partial charge in [-0.15, -0.1) is 0 Å². The lowest BCUT2D eigenvalue weighted by Crippen LogP contribution is -2.28. The highest BCUT2D eigenvalue weighted by molar-refractivity contribution is 9.12. The Morgan fingerprint density at radius 2 is 2.50 bits per heavy atom. The predicted molar refractivity (Wildman–Crippen MR) is 48.7 cm³/mol. The summed E-state index contributed by atoms with van der Waals surface area (Å²) in [6.07, 6.45) is 1.10. The van der Waals surface area contributed by atoms with Crippen molar-refractivity contribution in [1.82, 2.24) is 4.90 Å². The highest BCUT2D eigenvalue weighted by Gasteiger charge is 2.24. The molecule has 0 bridgehead atoms. The quantitative estimate of drug-likeness (QED) is 0.619. The second kappa shape index (κ2) is 4.48. The Bertz CT molecular complexity index is 231. The summed E-state index contributed by atoms with van der Waals surface area (Å²) >= 11 is 2.89. The van der Waals surface area contributed by atoms with Gasteiger partial charge in [-0.1, -0.05) is 0 Å². The van der Waals surface area contributed by atoms with Crippen molar-refractivity contribution in [1.29, 1.82) is 0 Å². The molecule has 0 spiro atoms. The molecule has 0 aliphatic carbocycles. The van der Waals surface area contributed by atoms with Gasteiger partial charge in [-0.3, -0.25) is 4.79 Å². The Labute approximate surface area is 80.2 Å². The van der Waals surface area contributed by atoms with Gasteiger partial charge < -0.3 is 9.64 Å². The van der Waals surface area contributed by atoms with E-state index >= 15 is 0 Å². The molecule has 1 rings (SSSR count). The fraction of sp³-hybridized carbons (Fsp3) is 0.625. The zero-order valence-corrected chi connectivity index (χ0v) is 8.43. The third-order valence-corrected chi connectivity index (χ3v) is 2.12. The Kier molecular flexibility index (Phi) is 3.57. The van der Waals surface area contributed by atoms with Gasteiger partial charge in [0.15, 0.2) is 0 Å². The molecular weight excluding hydrogens is 222 g/mol. The van der Waals surface area contributed by atoms with Crippen LogP contribution in [0.3, 0.4) is 0 Å². The molecule has 1 amide bonds. The minimum absolute atomic E-state index is 0.133. The summed E-state index contributed by atoms with van der Waals surface area (Å²) in [6, 6.07) is 0. The van der Waals surface area contributed by atoms with Crippen molar-refractivity contribution in [2.75, 3.05) is 20.2 Å². The molecule has 1 atom stereocenters. The fourth-order valence-electron chi connectivity index (χ4n) is 1.22. The Hall–Kier alpha value is -0.530. The van der Waals surface area contributed by atoms with Crippen LogP contribution in [0.25, 0.3) is 0 Å². The van der Waals surface area contributed by atoms with Gasteiger partial charge in [0.1, 0.15) is 0 Å². The molecule has 0 aromatic heterocycles. The largest absolute Gasteiger partial charge is 0.380 e. The van der Waals surface area contributed by atoms with Gasteiger partial charge in [-0.2, -0.15) is 0 Å². The third kappa shape index (κ3) is 2.23. The standard InChI is InChI=1S/C8H10BrNO2/c1-12-7-3-5-10(6-7)8(11)2-4-9/h7H,3,5-6H2,1H3. The first-order valence-corrected chi connectivity index (χ1v) is 4.50. The van der Waals surface area contributed by atoms with Gasteiger partial charge in [0, 0.05) is 42.0 Å². The predicted octanol–water partition coefficient (Wildman–Crippen LogP) is 0.590. The number of methoxy groups -OCH3 is 1. The molecule has 1 saturated heterocycles. The van der Waals surface area contributed by atoms with E-state index in [0.29, 0.717) is 6.54 Å². The number of rotatable bonds is 1. The molecule has 1 aliphatic rings. The second-order valence-corrected chi connectivity index (χ2v) is 3.01. The number of halogens is 1. The van der Waals surface area contributed by atoms with Gasteiger partial charge in [-0.25, -0.2) is 0 Å². The van der Waals surface area contributed by atoms with Crippen LogP contribution in [0, 0.1) is 10.8 Å². The van der Waals surface area contributed by atoms with E-state index in [1.807, 2.05) is 0 Å². The van der Waals surface area contributed by atoms with Crippen LogP contribution >= 0.6 is 15.9 Å². The minimum Gasteiger partial charge on any atom is -0.380 e. The summed E-state index contributed by atoms with van der Waals surface area (Å²) in [4.78, 5) is 15.3. The summed E-state index contributed by atoms with van der Waals surface area (Å²) in [5.41, 5.74) is 0. The van der Waals surface area contributed by atoms with E-state index in [2.05, 4.69) is 26.7 Å². The summed E-state index contributed by atoms with van der Waals surface area (Å²) < 4.78 is 5.12. The number of carbonyl (C=O) groups is 1. The molecular formula is C8H10BrNO2. The van der Waals surface area contributed by atoms with Crippen LogP contribution in [0.5, 0.6) is 0 Å². The summed E-state index contributed by atoms with van der Waals surface area (Å²) in [6.45, 7) is 1.41. The molecule has 1 unspecified atom stereocenters. The van der Waals surface area contributed by atoms with Crippen LogP contribution in [0.15, 0.2) is 0 Å². The van der Waals surface area contributed by atoms with Gasteiger partial charge >= 0.3 is 0 Å². The van der Waals surface area contributed by atoms with E-state index in [-0.39, 0.29) is 12.0 Å². The fourth-order valence-corrected chi connectivity index (χ4v) is 1.39. The van der Waals surface area contributed by atoms with Crippen LogP contribution in [0.2, 0.25) is 0 Å². The lowest BCUT2D eigenvalue weighted by molar-refractivity contribution is -0.124. The Morgan fingerprint density at radius 3 is 3.00 bits per heavy atom. The van der Waals surface area contributed by atoms with E-state index in [1.165, 1.54) is 0 Å². The maximum atomic E-state index is 11.2. The smallest absolute Gasteiger partial charge is 0.299 e. The molecule has 1 fully saturated rings. The first kappa shape index (κ1) is 9.56. The van der Waals surface area contributed by atoms with Gasteiger partial charge in [-0.05, 0) is 11.3 Å². The number of hydrogen-bond donors (Lipinski definition) is 0. The highest BCUT2D eigenvalue weighted by Crippen LogP contribution is 2.11. The molecule has 3 nitrogen and oxygen atoms in total. The molecule has 0 radical (unpaired) electrons. The molecule has 1 heterocycles. The average molecular weight is 232 g/mol. The van der Waals surface area contributed by atoms with Crippen LogP contribution in [0.4, 0.5) is 0 Å². The molecule has 0 aromatic carbocycles.